The van der Waals surface area contributed by atoms with Crippen molar-refractivity contribution in [1.82, 2.24) is 15.0 Å². The number of carbonyl (C=O) groups is 1. The highest BCUT2D eigenvalue weighted by atomic mass is 16.5. The van der Waals surface area contributed by atoms with Crippen molar-refractivity contribution >= 4 is 11.6 Å². The van der Waals surface area contributed by atoms with Gasteiger partial charge in [-0.2, -0.15) is 4.98 Å². The predicted octanol–water partition coefficient (Wildman–Crippen LogP) is 2.83. The lowest BCUT2D eigenvalue weighted by Gasteiger charge is -2.32. The molecule has 0 atom stereocenters. The van der Waals surface area contributed by atoms with Gasteiger partial charge in [0.15, 0.2) is 5.82 Å². The Morgan fingerprint density at radius 2 is 2.04 bits per heavy atom. The van der Waals surface area contributed by atoms with Gasteiger partial charge in [0.1, 0.15) is 6.61 Å². The molecule has 27 heavy (non-hydrogen) atoms. The van der Waals surface area contributed by atoms with E-state index in [-0.39, 0.29) is 12.0 Å². The van der Waals surface area contributed by atoms with Crippen LogP contribution in [0.2, 0.25) is 0 Å². The lowest BCUT2D eigenvalue weighted by Crippen LogP contribution is -2.40. The highest BCUT2D eigenvalue weighted by molar-refractivity contribution is 5.95. The van der Waals surface area contributed by atoms with Crippen LogP contribution in [-0.4, -0.2) is 54.2 Å². The van der Waals surface area contributed by atoms with Crippen LogP contribution in [0.4, 0.5) is 5.69 Å². The molecule has 1 aromatic heterocycles. The van der Waals surface area contributed by atoms with Crippen molar-refractivity contribution in [2.24, 2.45) is 0 Å². The molecule has 1 amide bonds. The summed E-state index contributed by atoms with van der Waals surface area (Å²) in [4.78, 5) is 21.1. The molecular weight excluding hydrogens is 344 g/mol. The first-order valence-corrected chi connectivity index (χ1v) is 9.61. The predicted molar refractivity (Wildman–Crippen MR) is 101 cm³/mol. The third-order valence-electron chi connectivity index (χ3n) is 5.21. The van der Waals surface area contributed by atoms with Crippen LogP contribution in [0.25, 0.3) is 0 Å². The van der Waals surface area contributed by atoms with Crippen molar-refractivity contribution in [3.05, 3.63) is 41.5 Å². The molecule has 0 bridgehead atoms. The minimum atomic E-state index is 0.0862. The van der Waals surface area contributed by atoms with Crippen LogP contribution in [0.5, 0.6) is 0 Å². The minimum Gasteiger partial charge on any atom is -0.378 e. The van der Waals surface area contributed by atoms with E-state index in [0.717, 1.165) is 42.8 Å². The molecule has 2 aromatic rings. The summed E-state index contributed by atoms with van der Waals surface area (Å²) in [5.41, 5.74) is 1.77. The lowest BCUT2D eigenvalue weighted by atomic mass is 10.1. The van der Waals surface area contributed by atoms with E-state index in [2.05, 4.69) is 10.1 Å². The van der Waals surface area contributed by atoms with E-state index in [9.17, 15) is 4.79 Å². The van der Waals surface area contributed by atoms with E-state index in [1.807, 2.05) is 48.2 Å². The number of hydrogen-bond acceptors (Lipinski definition) is 6. The van der Waals surface area contributed by atoms with Crippen LogP contribution in [-0.2, 0) is 11.3 Å². The van der Waals surface area contributed by atoms with Gasteiger partial charge >= 0.3 is 0 Å². The van der Waals surface area contributed by atoms with Crippen molar-refractivity contribution in [2.45, 2.75) is 44.3 Å². The summed E-state index contributed by atoms with van der Waals surface area (Å²) in [5, 5.41) is 4.01. The normalized spacial score (nSPS) is 17.9. The lowest BCUT2D eigenvalue weighted by molar-refractivity contribution is -0.00978. The summed E-state index contributed by atoms with van der Waals surface area (Å²) in [7, 11) is 3.95. The molecule has 0 radical (unpaired) electrons. The van der Waals surface area contributed by atoms with Gasteiger partial charge in [0.2, 0.25) is 0 Å². The molecule has 2 aliphatic rings. The fourth-order valence-corrected chi connectivity index (χ4v) is 3.35. The fraction of sp³-hybridized carbons (Fsp3) is 0.550. The number of likely N-dealkylation sites (tertiary alicyclic amines) is 1. The Kier molecular flexibility index (Phi) is 5.11. The first-order chi connectivity index (χ1) is 13.1. The SMILES string of the molecule is CN(C)c1cccc(C(=O)N2CCC(OCc3nc(C4CC4)no3)CC2)c1. The Morgan fingerprint density at radius 3 is 2.74 bits per heavy atom. The van der Waals surface area contributed by atoms with Crippen molar-refractivity contribution in [1.29, 1.82) is 0 Å². The Morgan fingerprint density at radius 1 is 1.26 bits per heavy atom. The van der Waals surface area contributed by atoms with Gasteiger partial charge < -0.3 is 19.1 Å². The molecule has 1 aromatic carbocycles. The maximum absolute atomic E-state index is 12.8. The number of anilines is 1. The number of piperidine rings is 1. The Bertz CT molecular complexity index is 792. The van der Waals surface area contributed by atoms with Crippen LogP contribution in [0.1, 0.15) is 53.7 Å². The average Bonchev–Trinajstić information content (AvgIpc) is 3.44. The second kappa shape index (κ2) is 7.68. The molecule has 1 saturated heterocycles. The molecular formula is C20H26N4O3. The van der Waals surface area contributed by atoms with Crippen LogP contribution < -0.4 is 4.90 Å². The Hall–Kier alpha value is -2.41. The number of benzene rings is 1. The molecule has 0 spiro atoms. The van der Waals surface area contributed by atoms with E-state index in [0.29, 0.717) is 31.5 Å². The van der Waals surface area contributed by atoms with Gasteiger partial charge in [-0.3, -0.25) is 4.79 Å². The number of hydrogen-bond donors (Lipinski definition) is 0. The highest BCUT2D eigenvalue weighted by Crippen LogP contribution is 2.38. The molecule has 1 saturated carbocycles. The second-order valence-electron chi connectivity index (χ2n) is 7.57. The quantitative estimate of drug-likeness (QED) is 0.779. The highest BCUT2D eigenvalue weighted by Gasteiger charge is 2.29. The van der Waals surface area contributed by atoms with Crippen LogP contribution in [0.15, 0.2) is 28.8 Å². The molecule has 1 aliphatic heterocycles. The summed E-state index contributed by atoms with van der Waals surface area (Å²) in [5.74, 6) is 1.94. The summed E-state index contributed by atoms with van der Waals surface area (Å²) in [6, 6.07) is 7.75. The number of ether oxygens (including phenoxy) is 1. The maximum atomic E-state index is 12.8. The van der Waals surface area contributed by atoms with Crippen LogP contribution in [0.3, 0.4) is 0 Å². The van der Waals surface area contributed by atoms with Crippen LogP contribution >= 0.6 is 0 Å². The topological polar surface area (TPSA) is 71.7 Å². The summed E-state index contributed by atoms with van der Waals surface area (Å²) >= 11 is 0. The maximum Gasteiger partial charge on any atom is 0.253 e. The third-order valence-corrected chi connectivity index (χ3v) is 5.21. The van der Waals surface area contributed by atoms with Gasteiger partial charge in [-0.05, 0) is 43.9 Å². The second-order valence-corrected chi connectivity index (χ2v) is 7.57. The zero-order valence-corrected chi connectivity index (χ0v) is 15.9. The first-order valence-electron chi connectivity index (χ1n) is 9.61. The number of amides is 1. The Balaban J connectivity index is 1.26. The van der Waals surface area contributed by atoms with E-state index in [1.165, 1.54) is 0 Å². The number of nitrogens with zero attached hydrogens (tertiary/aromatic N) is 4. The standard InChI is InChI=1S/C20H26N4O3/c1-23(2)16-5-3-4-15(12-16)20(25)24-10-8-17(9-11-24)26-13-18-21-19(22-27-18)14-6-7-14/h3-5,12,14,17H,6-11,13H2,1-2H3. The van der Waals surface area contributed by atoms with E-state index in [1.54, 1.807) is 0 Å². The number of aromatic nitrogens is 2. The molecule has 0 N–H and O–H groups in total. The van der Waals surface area contributed by atoms with Crippen LogP contribution in [0, 0.1) is 0 Å². The van der Waals surface area contributed by atoms with Crippen molar-refractivity contribution in [3.8, 4) is 0 Å². The fourth-order valence-electron chi connectivity index (χ4n) is 3.35. The molecule has 2 heterocycles. The summed E-state index contributed by atoms with van der Waals surface area (Å²) in [6.45, 7) is 1.75. The van der Waals surface area contributed by atoms with Crippen molar-refractivity contribution in [3.63, 3.8) is 0 Å². The summed E-state index contributed by atoms with van der Waals surface area (Å²) < 4.78 is 11.2. The molecule has 2 fully saturated rings. The minimum absolute atomic E-state index is 0.0862. The average molecular weight is 370 g/mol. The van der Waals surface area contributed by atoms with E-state index in [4.69, 9.17) is 9.26 Å². The first kappa shape index (κ1) is 18.0. The van der Waals surface area contributed by atoms with Crippen molar-refractivity contribution in [2.75, 3.05) is 32.1 Å². The molecule has 4 rings (SSSR count). The zero-order valence-electron chi connectivity index (χ0n) is 15.9. The number of rotatable bonds is 6. The van der Waals surface area contributed by atoms with Crippen molar-refractivity contribution < 1.29 is 14.1 Å². The zero-order chi connectivity index (χ0) is 18.8. The third kappa shape index (κ3) is 4.30. The van der Waals surface area contributed by atoms with Gasteiger partial charge in [0, 0.05) is 44.4 Å². The largest absolute Gasteiger partial charge is 0.378 e. The molecule has 144 valence electrons. The number of carbonyl (C=O) groups excluding carboxylic acids is 1. The van der Waals surface area contributed by atoms with E-state index >= 15 is 0 Å². The smallest absolute Gasteiger partial charge is 0.253 e. The van der Waals surface area contributed by atoms with Gasteiger partial charge in [-0.1, -0.05) is 11.2 Å². The summed E-state index contributed by atoms with van der Waals surface area (Å²) in [6.07, 6.45) is 4.08. The van der Waals surface area contributed by atoms with Gasteiger partial charge in [-0.15, -0.1) is 0 Å². The Labute approximate surface area is 159 Å². The van der Waals surface area contributed by atoms with Gasteiger partial charge in [0.25, 0.3) is 11.8 Å². The molecule has 0 unspecified atom stereocenters. The molecule has 7 heteroatoms. The van der Waals surface area contributed by atoms with E-state index < -0.39 is 0 Å². The molecule has 1 aliphatic carbocycles. The van der Waals surface area contributed by atoms with Gasteiger partial charge in [-0.25, -0.2) is 0 Å². The van der Waals surface area contributed by atoms with Gasteiger partial charge in [0.05, 0.1) is 6.10 Å². The monoisotopic (exact) mass is 370 g/mol. The molecule has 7 nitrogen and oxygen atoms in total.